The number of carboxylic acids is 2. The van der Waals surface area contributed by atoms with Crippen molar-refractivity contribution in [2.45, 2.75) is 129 Å². The Kier molecular flexibility index (Phi) is 32.3. The van der Waals surface area contributed by atoms with Crippen molar-refractivity contribution < 1.29 is 49.4 Å². The van der Waals surface area contributed by atoms with Crippen LogP contribution in [0.4, 0.5) is 0 Å². The monoisotopic (exact) mass is 423 g/mol. The standard InChI is InChI=1S/C18H37.C5H9NO4.Na/c1-3-5-7-9-11-13-15-17-18-16-14-12-10-8-6-4-2;6-3(5(9)10)1-2-4(7)8;/h1,3-18H2,2H3;3H,1-2,6H2,(H,7,8)(H,9,10);/q-1;;+1/t;3-;/m.0./s1. The van der Waals surface area contributed by atoms with Crippen LogP contribution in [0.5, 0.6) is 0 Å². The Morgan fingerprint density at radius 3 is 1.38 bits per heavy atom. The molecule has 0 heterocycles. The molecule has 0 amide bonds. The number of rotatable bonds is 19. The molecule has 0 saturated carbocycles. The summed E-state index contributed by atoms with van der Waals surface area (Å²) in [5, 5.41) is 16.3. The number of nitrogens with two attached hydrogens (primary N) is 1. The molecular formula is C23H46NNaO4. The molecule has 1 atom stereocenters. The van der Waals surface area contributed by atoms with E-state index >= 15 is 0 Å². The Morgan fingerprint density at radius 2 is 1.10 bits per heavy atom. The Labute approximate surface area is 201 Å². The molecule has 0 aromatic carbocycles. The van der Waals surface area contributed by atoms with Crippen LogP contribution < -0.4 is 35.3 Å². The number of unbranched alkanes of at least 4 members (excludes halogenated alkanes) is 15. The molecule has 0 aromatic rings. The van der Waals surface area contributed by atoms with Gasteiger partial charge in [-0.2, -0.15) is 6.42 Å². The van der Waals surface area contributed by atoms with Crippen LogP contribution in [0.25, 0.3) is 0 Å². The summed E-state index contributed by atoms with van der Waals surface area (Å²) in [6.07, 6.45) is 22.6. The number of carboxylic acid groups (broad SMARTS) is 2. The first-order valence-corrected chi connectivity index (χ1v) is 11.4. The molecule has 0 aliphatic carbocycles. The van der Waals surface area contributed by atoms with Gasteiger partial charge in [0.05, 0.1) is 0 Å². The van der Waals surface area contributed by atoms with Crippen molar-refractivity contribution in [2.24, 2.45) is 5.73 Å². The van der Waals surface area contributed by atoms with Crippen LogP contribution in [0.15, 0.2) is 0 Å². The summed E-state index contributed by atoms with van der Waals surface area (Å²) >= 11 is 0. The van der Waals surface area contributed by atoms with Gasteiger partial charge in [0.15, 0.2) is 0 Å². The minimum atomic E-state index is -1.17. The van der Waals surface area contributed by atoms with Gasteiger partial charge in [0.25, 0.3) is 0 Å². The molecule has 6 heteroatoms. The third-order valence-electron chi connectivity index (χ3n) is 4.84. The van der Waals surface area contributed by atoms with E-state index in [9.17, 15) is 9.59 Å². The topological polar surface area (TPSA) is 101 Å². The van der Waals surface area contributed by atoms with Gasteiger partial charge in [-0.3, -0.25) is 9.59 Å². The fraction of sp³-hybridized carbons (Fsp3) is 0.870. The molecule has 5 nitrogen and oxygen atoms in total. The van der Waals surface area contributed by atoms with Crippen molar-refractivity contribution in [1.82, 2.24) is 0 Å². The summed E-state index contributed by atoms with van der Waals surface area (Å²) in [5.41, 5.74) is 5.00. The first-order valence-electron chi connectivity index (χ1n) is 11.4. The first kappa shape index (κ1) is 33.5. The third-order valence-corrected chi connectivity index (χ3v) is 4.84. The number of hydrogen-bond donors (Lipinski definition) is 3. The van der Waals surface area contributed by atoms with Gasteiger partial charge in [-0.15, -0.1) is 0 Å². The quantitative estimate of drug-likeness (QED) is 0.168. The molecule has 0 unspecified atom stereocenters. The third kappa shape index (κ3) is 32.8. The van der Waals surface area contributed by atoms with E-state index in [0.29, 0.717) is 0 Å². The van der Waals surface area contributed by atoms with Crippen molar-refractivity contribution in [3.8, 4) is 0 Å². The van der Waals surface area contributed by atoms with Gasteiger partial charge in [-0.05, 0) is 6.42 Å². The largest absolute Gasteiger partial charge is 1.00 e. The normalized spacial score (nSPS) is 11.1. The van der Waals surface area contributed by atoms with Crippen LogP contribution in [-0.2, 0) is 9.59 Å². The van der Waals surface area contributed by atoms with Crippen molar-refractivity contribution in [3.05, 3.63) is 6.92 Å². The molecule has 168 valence electrons. The molecule has 29 heavy (non-hydrogen) atoms. The van der Waals surface area contributed by atoms with E-state index < -0.39 is 18.0 Å². The maximum atomic E-state index is 9.99. The Morgan fingerprint density at radius 1 is 0.759 bits per heavy atom. The zero-order valence-corrected chi connectivity index (χ0v) is 21.3. The van der Waals surface area contributed by atoms with Gasteiger partial charge in [0.1, 0.15) is 6.04 Å². The van der Waals surface area contributed by atoms with E-state index in [1.165, 1.54) is 96.3 Å². The van der Waals surface area contributed by atoms with Crippen LogP contribution in [0.2, 0.25) is 0 Å². The number of aliphatic carboxylic acids is 2. The molecule has 0 aliphatic heterocycles. The first-order chi connectivity index (χ1) is 13.5. The summed E-state index contributed by atoms with van der Waals surface area (Å²) in [6.45, 7) is 6.18. The van der Waals surface area contributed by atoms with Crippen LogP contribution >= 0.6 is 0 Å². The smallest absolute Gasteiger partial charge is 0.481 e. The van der Waals surface area contributed by atoms with Crippen LogP contribution in [0.3, 0.4) is 0 Å². The van der Waals surface area contributed by atoms with Crippen LogP contribution in [-0.4, -0.2) is 28.2 Å². The summed E-state index contributed by atoms with van der Waals surface area (Å²) in [4.78, 5) is 19.9. The Bertz CT molecular complexity index is 338. The van der Waals surface area contributed by atoms with Crippen molar-refractivity contribution in [2.75, 3.05) is 0 Å². The summed E-state index contributed by atoms with van der Waals surface area (Å²) in [7, 11) is 0. The van der Waals surface area contributed by atoms with Gasteiger partial charge in [0, 0.05) is 6.42 Å². The molecule has 0 spiro atoms. The second-order valence-electron chi connectivity index (χ2n) is 7.68. The van der Waals surface area contributed by atoms with Crippen molar-refractivity contribution in [3.63, 3.8) is 0 Å². The fourth-order valence-electron chi connectivity index (χ4n) is 2.95. The average molecular weight is 424 g/mol. The maximum Gasteiger partial charge on any atom is 1.00 e. The predicted octanol–water partition coefficient (Wildman–Crippen LogP) is 3.35. The van der Waals surface area contributed by atoms with E-state index in [1.54, 1.807) is 0 Å². The Balaban J connectivity index is -0.000000525. The SMILES string of the molecule is N[C@@H](CCC(=O)O)C(=O)O.[CH2-]CCCCCCCCCCCCCCCCC.[Na+]. The minimum Gasteiger partial charge on any atom is -0.481 e. The molecule has 0 bridgehead atoms. The number of hydrogen-bond acceptors (Lipinski definition) is 3. The molecule has 0 radical (unpaired) electrons. The second kappa shape index (κ2) is 27.9. The molecule has 0 saturated heterocycles. The van der Waals surface area contributed by atoms with Gasteiger partial charge < -0.3 is 22.9 Å². The van der Waals surface area contributed by atoms with E-state index in [0.717, 1.165) is 6.42 Å². The number of carbonyl (C=O) groups is 2. The zero-order valence-electron chi connectivity index (χ0n) is 19.3. The molecule has 0 aliphatic rings. The van der Waals surface area contributed by atoms with Crippen molar-refractivity contribution >= 4 is 11.9 Å². The van der Waals surface area contributed by atoms with E-state index in [2.05, 4.69) is 13.8 Å². The van der Waals surface area contributed by atoms with Crippen molar-refractivity contribution in [1.29, 1.82) is 0 Å². The molecule has 0 aromatic heterocycles. The van der Waals surface area contributed by atoms with E-state index in [1.807, 2.05) is 0 Å². The van der Waals surface area contributed by atoms with Crippen LogP contribution in [0, 0.1) is 6.92 Å². The minimum absolute atomic E-state index is 0. The average Bonchev–Trinajstić information content (AvgIpc) is 2.66. The maximum absolute atomic E-state index is 9.99. The summed E-state index contributed by atoms with van der Waals surface area (Å²) in [5.74, 6) is -2.20. The van der Waals surface area contributed by atoms with Gasteiger partial charge in [-0.25, -0.2) is 0 Å². The van der Waals surface area contributed by atoms with Crippen LogP contribution in [0.1, 0.15) is 122 Å². The molecule has 0 fully saturated rings. The Hall–Kier alpha value is -0.100. The summed E-state index contributed by atoms with van der Waals surface area (Å²) in [6, 6.07) is -1.06. The summed E-state index contributed by atoms with van der Waals surface area (Å²) < 4.78 is 0. The van der Waals surface area contributed by atoms with Gasteiger partial charge in [0.2, 0.25) is 0 Å². The molecular weight excluding hydrogens is 377 g/mol. The van der Waals surface area contributed by atoms with Gasteiger partial charge in [-0.1, -0.05) is 103 Å². The predicted molar refractivity (Wildman–Crippen MR) is 117 cm³/mol. The second-order valence-corrected chi connectivity index (χ2v) is 7.68. The zero-order chi connectivity index (χ0) is 21.5. The van der Waals surface area contributed by atoms with Gasteiger partial charge >= 0.3 is 41.5 Å². The van der Waals surface area contributed by atoms with E-state index in [-0.39, 0.29) is 42.4 Å². The molecule has 0 rings (SSSR count). The van der Waals surface area contributed by atoms with E-state index in [4.69, 9.17) is 15.9 Å². The fourth-order valence-corrected chi connectivity index (χ4v) is 2.95. The molecule has 4 N–H and O–H groups in total.